The largest absolute Gasteiger partial charge is 0.443 e. The van der Waals surface area contributed by atoms with Gasteiger partial charge in [0.15, 0.2) is 5.65 Å². The summed E-state index contributed by atoms with van der Waals surface area (Å²) in [6.45, 7) is 7.02. The number of carbonyl (C=O) groups excluding carboxylic acids is 1. The number of pyridine rings is 2. The number of nitrogens with two attached hydrogens (primary N) is 1. The van der Waals surface area contributed by atoms with E-state index in [1.165, 1.54) is 4.57 Å². The highest BCUT2D eigenvalue weighted by atomic mass is 16.6. The van der Waals surface area contributed by atoms with Crippen molar-refractivity contribution in [2.24, 2.45) is 0 Å². The molecule has 3 N–H and O–H groups in total. The molecule has 0 amide bonds. The number of hydrogen-bond donors (Lipinski definition) is 2. The van der Waals surface area contributed by atoms with Gasteiger partial charge in [-0.2, -0.15) is 9.83 Å². The van der Waals surface area contributed by atoms with Crippen molar-refractivity contribution in [2.75, 3.05) is 11.1 Å². The topological polar surface area (TPSA) is 141 Å². The van der Waals surface area contributed by atoms with Crippen LogP contribution in [0.5, 0.6) is 0 Å². The second kappa shape index (κ2) is 8.95. The molecule has 0 saturated heterocycles. The Bertz CT molecular complexity index is 1510. The van der Waals surface area contributed by atoms with E-state index in [1.54, 1.807) is 69.6 Å². The molecule has 0 aliphatic heterocycles. The third kappa shape index (κ3) is 4.70. The quantitative estimate of drug-likeness (QED) is 0.422. The van der Waals surface area contributed by atoms with Crippen molar-refractivity contribution in [2.45, 2.75) is 39.3 Å². The number of nitrogens with zero attached hydrogens (tertiary/aromatic N) is 5. The maximum absolute atomic E-state index is 13.5. The van der Waals surface area contributed by atoms with Crippen molar-refractivity contribution in [1.29, 1.82) is 5.26 Å². The van der Waals surface area contributed by atoms with Crippen molar-refractivity contribution >= 4 is 34.4 Å². The third-order valence-electron chi connectivity index (χ3n) is 5.30. The minimum Gasteiger partial charge on any atom is -0.443 e. The number of nitrogens with one attached hydrogen (secondary N) is 1. The zero-order valence-electron chi connectivity index (χ0n) is 19.8. The second-order valence-electron chi connectivity index (χ2n) is 9.01. The highest BCUT2D eigenvalue weighted by molar-refractivity contribution is 5.86. The molecular weight excluding hydrogens is 446 g/mol. The van der Waals surface area contributed by atoms with Crippen LogP contribution in [0.25, 0.3) is 11.2 Å². The van der Waals surface area contributed by atoms with Crippen molar-refractivity contribution in [1.82, 2.24) is 19.1 Å². The summed E-state index contributed by atoms with van der Waals surface area (Å²) in [7, 11) is 0. The van der Waals surface area contributed by atoms with Crippen molar-refractivity contribution < 1.29 is 9.53 Å². The Hall–Kier alpha value is -4.65. The van der Waals surface area contributed by atoms with Gasteiger partial charge >= 0.3 is 11.8 Å². The van der Waals surface area contributed by atoms with Crippen LogP contribution in [0, 0.1) is 11.3 Å². The van der Waals surface area contributed by atoms with E-state index in [4.69, 9.17) is 10.5 Å². The van der Waals surface area contributed by atoms with Crippen molar-refractivity contribution in [3.05, 3.63) is 76.5 Å². The maximum Gasteiger partial charge on any atom is 0.423 e. The lowest BCUT2D eigenvalue weighted by Crippen LogP contribution is -2.35. The van der Waals surface area contributed by atoms with E-state index in [2.05, 4.69) is 21.4 Å². The van der Waals surface area contributed by atoms with Crippen LogP contribution in [0.15, 0.2) is 59.7 Å². The summed E-state index contributed by atoms with van der Waals surface area (Å²) in [5.74, 6) is 0.382. The average Bonchev–Trinajstić information content (AvgIpc) is 3.10. The van der Waals surface area contributed by atoms with E-state index in [-0.39, 0.29) is 5.65 Å². The number of carbonyl (C=O) groups is 1. The SMILES string of the molecule is CC(c1cccnc1)n1c(=O)n(C(=O)OC(C)(C)C)c2ccc(Nc3cc(C#N)ccc3N)nc21. The standard InChI is InChI=1S/C25H25N7O3/c1-15(17-6-5-11-28-14-17)31-22-20(32(23(31)33)24(34)35-25(2,3)4)9-10-21(30-22)29-19-12-16(13-26)7-8-18(19)27/h5-12,14-15H,27H2,1-4H3,(H,29,30). The molecule has 0 aliphatic rings. The molecule has 4 aromatic rings. The molecule has 178 valence electrons. The summed E-state index contributed by atoms with van der Waals surface area (Å²) >= 11 is 0. The lowest BCUT2D eigenvalue weighted by atomic mass is 10.1. The first-order chi connectivity index (χ1) is 16.6. The van der Waals surface area contributed by atoms with Crippen LogP contribution in [0.2, 0.25) is 0 Å². The Balaban J connectivity index is 1.89. The van der Waals surface area contributed by atoms with E-state index >= 15 is 0 Å². The number of imidazole rings is 1. The molecular formula is C25H25N7O3. The minimum absolute atomic E-state index is 0.275. The number of benzene rings is 1. The summed E-state index contributed by atoms with van der Waals surface area (Å²) in [5.41, 5.74) is 7.38. The predicted molar refractivity (Wildman–Crippen MR) is 133 cm³/mol. The van der Waals surface area contributed by atoms with Gasteiger partial charge in [-0.05, 0) is 69.7 Å². The minimum atomic E-state index is -0.794. The molecule has 1 unspecified atom stereocenters. The zero-order chi connectivity index (χ0) is 25.3. The normalized spacial score (nSPS) is 12.2. The first kappa shape index (κ1) is 23.5. The lowest BCUT2D eigenvalue weighted by Gasteiger charge is -2.19. The summed E-state index contributed by atoms with van der Waals surface area (Å²) in [4.78, 5) is 35.3. The third-order valence-corrected chi connectivity index (χ3v) is 5.30. The molecule has 0 fully saturated rings. The van der Waals surface area contributed by atoms with Crippen molar-refractivity contribution in [3.63, 3.8) is 0 Å². The predicted octanol–water partition coefficient (Wildman–Crippen LogP) is 4.18. The average molecular weight is 472 g/mol. The molecule has 3 heterocycles. The summed E-state index contributed by atoms with van der Waals surface area (Å²) < 4.78 is 7.89. The molecule has 0 radical (unpaired) electrons. The number of nitrogen functional groups attached to an aromatic ring is 1. The number of nitriles is 1. The van der Waals surface area contributed by atoms with E-state index in [0.29, 0.717) is 28.3 Å². The highest BCUT2D eigenvalue weighted by Crippen LogP contribution is 2.27. The van der Waals surface area contributed by atoms with Gasteiger partial charge in [0.25, 0.3) is 0 Å². The van der Waals surface area contributed by atoms with Crippen molar-refractivity contribution in [3.8, 4) is 6.07 Å². The van der Waals surface area contributed by atoms with Crippen LogP contribution in [0.3, 0.4) is 0 Å². The first-order valence-electron chi connectivity index (χ1n) is 10.9. The van der Waals surface area contributed by atoms with Gasteiger partial charge < -0.3 is 15.8 Å². The van der Waals surface area contributed by atoms with E-state index < -0.39 is 23.4 Å². The molecule has 10 heteroatoms. The fourth-order valence-corrected chi connectivity index (χ4v) is 3.64. The molecule has 0 bridgehead atoms. The van der Waals surface area contributed by atoms with E-state index in [9.17, 15) is 14.9 Å². The molecule has 0 saturated carbocycles. The van der Waals surface area contributed by atoms with E-state index in [1.807, 2.05) is 13.0 Å². The van der Waals surface area contributed by atoms with Gasteiger partial charge in [0.05, 0.1) is 29.0 Å². The molecule has 4 rings (SSSR count). The molecule has 0 aliphatic carbocycles. The van der Waals surface area contributed by atoms with Gasteiger partial charge in [-0.1, -0.05) is 6.07 Å². The molecule has 1 atom stereocenters. The molecule has 0 spiro atoms. The van der Waals surface area contributed by atoms with Crippen LogP contribution in [-0.4, -0.2) is 30.8 Å². The fraction of sp³-hybridized carbons (Fsp3) is 0.240. The van der Waals surface area contributed by atoms with Gasteiger partial charge in [0.2, 0.25) is 0 Å². The summed E-state index contributed by atoms with van der Waals surface area (Å²) in [6, 6.07) is 13.3. The Labute approximate surface area is 201 Å². The van der Waals surface area contributed by atoms with Crippen LogP contribution in [-0.2, 0) is 4.74 Å². The number of aromatic nitrogens is 4. The number of hydrogen-bond acceptors (Lipinski definition) is 8. The fourth-order valence-electron chi connectivity index (χ4n) is 3.64. The van der Waals surface area contributed by atoms with Gasteiger partial charge in [0, 0.05) is 12.4 Å². The van der Waals surface area contributed by atoms with E-state index in [0.717, 1.165) is 10.1 Å². The Morgan fingerprint density at radius 3 is 2.66 bits per heavy atom. The van der Waals surface area contributed by atoms with Gasteiger partial charge in [0.1, 0.15) is 16.9 Å². The smallest absolute Gasteiger partial charge is 0.423 e. The van der Waals surface area contributed by atoms with Gasteiger partial charge in [-0.3, -0.25) is 9.55 Å². The van der Waals surface area contributed by atoms with Crippen LogP contribution in [0.4, 0.5) is 22.0 Å². The first-order valence-corrected chi connectivity index (χ1v) is 10.9. The summed E-state index contributed by atoms with van der Waals surface area (Å²) in [6.07, 6.45) is 2.51. The van der Waals surface area contributed by atoms with Gasteiger partial charge in [-0.25, -0.2) is 14.6 Å². The lowest BCUT2D eigenvalue weighted by molar-refractivity contribution is 0.0537. The zero-order valence-corrected chi connectivity index (χ0v) is 19.8. The van der Waals surface area contributed by atoms with Crippen LogP contribution >= 0.6 is 0 Å². The Kier molecular flexibility index (Phi) is 6.01. The highest BCUT2D eigenvalue weighted by Gasteiger charge is 2.27. The molecule has 35 heavy (non-hydrogen) atoms. The Morgan fingerprint density at radius 1 is 1.23 bits per heavy atom. The monoisotopic (exact) mass is 471 g/mol. The summed E-state index contributed by atoms with van der Waals surface area (Å²) in [5, 5.41) is 12.3. The van der Waals surface area contributed by atoms with Crippen LogP contribution in [0.1, 0.15) is 44.9 Å². The number of fused-ring (bicyclic) bond motifs is 1. The van der Waals surface area contributed by atoms with Gasteiger partial charge in [-0.15, -0.1) is 0 Å². The number of ether oxygens (including phenoxy) is 1. The maximum atomic E-state index is 13.5. The molecule has 10 nitrogen and oxygen atoms in total. The Morgan fingerprint density at radius 2 is 2.00 bits per heavy atom. The number of rotatable bonds is 4. The second-order valence-corrected chi connectivity index (χ2v) is 9.01. The molecule has 3 aromatic heterocycles. The van der Waals surface area contributed by atoms with Crippen LogP contribution < -0.4 is 16.7 Å². The number of anilines is 3. The molecule has 1 aromatic carbocycles.